The number of rotatable bonds is 9. The Bertz CT molecular complexity index is 1050. The van der Waals surface area contributed by atoms with Crippen molar-refractivity contribution in [2.45, 2.75) is 31.7 Å². The van der Waals surface area contributed by atoms with E-state index < -0.39 is 0 Å². The summed E-state index contributed by atoms with van der Waals surface area (Å²) < 4.78 is 0. The van der Waals surface area contributed by atoms with Crippen molar-refractivity contribution in [2.24, 2.45) is 10.7 Å². The summed E-state index contributed by atoms with van der Waals surface area (Å²) in [6, 6.07) is 10.7. The molecule has 9 heteroatoms. The molecule has 0 bridgehead atoms. The van der Waals surface area contributed by atoms with Crippen LogP contribution in [0.1, 0.15) is 26.3 Å². The van der Waals surface area contributed by atoms with Gasteiger partial charge in [-0.05, 0) is 74.4 Å². The van der Waals surface area contributed by atoms with E-state index in [2.05, 4.69) is 58.1 Å². The number of pyridine rings is 1. The summed E-state index contributed by atoms with van der Waals surface area (Å²) in [7, 11) is 0. The first-order valence-electron chi connectivity index (χ1n) is 10.8. The molecule has 2 heterocycles. The Morgan fingerprint density at radius 3 is 2.74 bits per heavy atom. The molecule has 0 radical (unpaired) electrons. The van der Waals surface area contributed by atoms with Crippen LogP contribution in [0.2, 0.25) is 0 Å². The van der Waals surface area contributed by atoms with Crippen LogP contribution >= 0.6 is 11.8 Å². The molecule has 0 atom stereocenters. The van der Waals surface area contributed by atoms with E-state index in [1.165, 1.54) is 6.92 Å². The number of allylic oxidation sites excluding steroid dienone is 1. The Morgan fingerprint density at radius 1 is 1.38 bits per heavy atom. The molecule has 0 aliphatic carbocycles. The number of aliphatic imine (C=N–C) groups is 1. The van der Waals surface area contributed by atoms with Crippen molar-refractivity contribution in [3.63, 3.8) is 0 Å². The van der Waals surface area contributed by atoms with Crippen molar-refractivity contribution in [3.05, 3.63) is 54.4 Å². The van der Waals surface area contributed by atoms with Crippen molar-refractivity contribution in [2.75, 3.05) is 25.5 Å². The number of nitrogens with zero attached hydrogens (tertiary/aromatic N) is 4. The fourth-order valence-corrected chi connectivity index (χ4v) is 3.70. The molecular weight excluding hydrogens is 444 g/mol. The van der Waals surface area contributed by atoms with Crippen LogP contribution in [0.25, 0.3) is 17.0 Å². The zero-order valence-corrected chi connectivity index (χ0v) is 20.9. The van der Waals surface area contributed by atoms with Crippen LogP contribution in [0.4, 0.5) is 0 Å². The maximum atomic E-state index is 7.37. The molecule has 1 aromatic carbocycles. The topological polar surface area (TPSA) is 138 Å². The Kier molecular flexibility index (Phi) is 13.6. The second kappa shape index (κ2) is 16.2. The molecule has 1 fully saturated rings. The van der Waals surface area contributed by atoms with Gasteiger partial charge in [0.15, 0.2) is 0 Å². The summed E-state index contributed by atoms with van der Waals surface area (Å²) in [5.74, 6) is 0.964. The summed E-state index contributed by atoms with van der Waals surface area (Å²) in [5.41, 5.74) is 8.33. The molecule has 34 heavy (non-hydrogen) atoms. The molecule has 0 spiro atoms. The number of aromatic nitrogens is 1. The minimum Gasteiger partial charge on any atom is -0.386 e. The van der Waals surface area contributed by atoms with Crippen LogP contribution in [-0.4, -0.2) is 59.7 Å². The van der Waals surface area contributed by atoms with Crippen LogP contribution in [0.5, 0.6) is 0 Å². The molecule has 0 saturated carbocycles. The number of nitriles is 1. The van der Waals surface area contributed by atoms with Crippen LogP contribution in [-0.2, 0) is 0 Å². The number of thioether (sulfide) groups is 1. The summed E-state index contributed by atoms with van der Waals surface area (Å²) in [5, 5.41) is 24.7. The third kappa shape index (κ3) is 10.4. The number of likely N-dealkylation sites (N-methyl/N-ethyl adjacent to an activating group) is 1. The summed E-state index contributed by atoms with van der Waals surface area (Å²) in [6.07, 6.45) is 9.29. The van der Waals surface area contributed by atoms with Gasteiger partial charge >= 0.3 is 0 Å². The number of nitrogens with one attached hydrogen (secondary N) is 3. The maximum Gasteiger partial charge on any atom is 0.119 e. The van der Waals surface area contributed by atoms with Crippen LogP contribution in [0, 0.1) is 22.1 Å². The van der Waals surface area contributed by atoms with E-state index in [4.69, 9.17) is 21.8 Å². The van der Waals surface area contributed by atoms with Gasteiger partial charge in [-0.25, -0.2) is 0 Å². The first-order chi connectivity index (χ1) is 16.4. The van der Waals surface area contributed by atoms with Gasteiger partial charge in [-0.1, -0.05) is 6.92 Å². The van der Waals surface area contributed by atoms with E-state index in [9.17, 15) is 0 Å². The number of benzene rings is 1. The van der Waals surface area contributed by atoms with E-state index in [0.717, 1.165) is 41.0 Å². The van der Waals surface area contributed by atoms with Crippen molar-refractivity contribution in [1.82, 2.24) is 15.2 Å². The molecule has 0 amide bonds. The van der Waals surface area contributed by atoms with Gasteiger partial charge in [-0.3, -0.25) is 14.9 Å². The smallest absolute Gasteiger partial charge is 0.119 e. The fraction of sp³-hybridized carbons (Fsp3) is 0.320. The molecule has 1 aliphatic heterocycles. The molecule has 5 N–H and O–H groups in total. The lowest BCUT2D eigenvalue weighted by atomic mass is 10.1. The lowest BCUT2D eigenvalue weighted by molar-refractivity contribution is 0.144. The van der Waals surface area contributed by atoms with Gasteiger partial charge in [-0.2, -0.15) is 5.26 Å². The SMILES string of the molecule is C=N.CC#N.CCN1CC(N/C=C/c2cnc3ccc(SC/N=C(N)/C=C\C(C)=N)cc3c2)C1. The van der Waals surface area contributed by atoms with Crippen LogP contribution < -0.4 is 11.1 Å². The van der Waals surface area contributed by atoms with Gasteiger partial charge in [0.25, 0.3) is 0 Å². The number of fused-ring (bicyclic) bond motifs is 1. The Balaban J connectivity index is 0.00000107. The van der Waals surface area contributed by atoms with Gasteiger partial charge in [0.05, 0.1) is 23.5 Å². The Hall–Kier alpha value is -3.48. The second-order valence-electron chi connectivity index (χ2n) is 7.27. The van der Waals surface area contributed by atoms with E-state index in [1.807, 2.05) is 18.5 Å². The molecule has 3 rings (SSSR count). The zero-order valence-electron chi connectivity index (χ0n) is 20.1. The molecule has 1 saturated heterocycles. The first-order valence-corrected chi connectivity index (χ1v) is 11.8. The molecule has 1 aromatic heterocycles. The van der Waals surface area contributed by atoms with E-state index >= 15 is 0 Å². The molecule has 1 aliphatic rings. The highest BCUT2D eigenvalue weighted by molar-refractivity contribution is 7.99. The number of amidine groups is 1. The summed E-state index contributed by atoms with van der Waals surface area (Å²) >= 11 is 1.62. The normalized spacial score (nSPS) is 14.0. The van der Waals surface area contributed by atoms with Gasteiger partial charge < -0.3 is 21.9 Å². The average Bonchev–Trinajstić information content (AvgIpc) is 2.80. The molecular formula is C25H34N8S. The lowest BCUT2D eigenvalue weighted by Gasteiger charge is -2.38. The number of hydrogen-bond acceptors (Lipinski definition) is 8. The van der Waals surface area contributed by atoms with Crippen LogP contribution in [0.15, 0.2) is 58.7 Å². The monoisotopic (exact) mass is 478 g/mol. The molecule has 0 unspecified atom stereocenters. The highest BCUT2D eigenvalue weighted by Crippen LogP contribution is 2.23. The van der Waals surface area contributed by atoms with E-state index in [0.29, 0.717) is 23.5 Å². The van der Waals surface area contributed by atoms with Gasteiger partial charge in [0.1, 0.15) is 5.84 Å². The van der Waals surface area contributed by atoms with Crippen molar-refractivity contribution in [3.8, 4) is 6.07 Å². The third-order valence-corrected chi connectivity index (χ3v) is 5.51. The van der Waals surface area contributed by atoms with Crippen LogP contribution in [0.3, 0.4) is 0 Å². The van der Waals surface area contributed by atoms with Crippen molar-refractivity contribution in [1.29, 1.82) is 16.1 Å². The molecule has 180 valence electrons. The summed E-state index contributed by atoms with van der Waals surface area (Å²) in [4.78, 5) is 12.4. The second-order valence-corrected chi connectivity index (χ2v) is 8.29. The quantitative estimate of drug-likeness (QED) is 0.241. The van der Waals surface area contributed by atoms with Crippen molar-refractivity contribution >= 4 is 47.0 Å². The average molecular weight is 479 g/mol. The maximum absolute atomic E-state index is 7.37. The van der Waals surface area contributed by atoms with Gasteiger partial charge in [0, 0.05) is 42.2 Å². The number of nitrogens with two attached hydrogens (primary N) is 1. The largest absolute Gasteiger partial charge is 0.386 e. The molecule has 8 nitrogen and oxygen atoms in total. The highest BCUT2D eigenvalue weighted by atomic mass is 32.2. The predicted octanol–water partition coefficient (Wildman–Crippen LogP) is 4.30. The Morgan fingerprint density at radius 2 is 2.09 bits per heavy atom. The zero-order chi connectivity index (χ0) is 25.3. The van der Waals surface area contributed by atoms with Gasteiger partial charge in [0.2, 0.25) is 0 Å². The van der Waals surface area contributed by atoms with Crippen molar-refractivity contribution < 1.29 is 0 Å². The predicted molar refractivity (Wildman–Crippen MR) is 146 cm³/mol. The van der Waals surface area contributed by atoms with Gasteiger partial charge in [-0.15, -0.1) is 11.8 Å². The number of hydrogen-bond donors (Lipinski definition) is 4. The highest BCUT2D eigenvalue weighted by Gasteiger charge is 2.23. The summed E-state index contributed by atoms with van der Waals surface area (Å²) in [6.45, 7) is 11.2. The third-order valence-electron chi connectivity index (χ3n) is 4.67. The number of likely N-dealkylation sites (tertiary alicyclic amines) is 1. The van der Waals surface area contributed by atoms with E-state index in [1.54, 1.807) is 36.9 Å². The molecule has 2 aromatic rings. The lowest BCUT2D eigenvalue weighted by Crippen LogP contribution is -2.56. The standard InChI is InChI=1S/C22H28N6S.C2H3N.CH3N/c1-3-28-13-19(14-28)25-9-8-17-10-18-11-20(5-6-21(18)26-12-17)29-15-27-22(24)7-4-16(2)23;1-2-3;1-2/h4-12,19,23,25H,3,13-15H2,1-2H3,(H2,24,27);1H3;2H,1H2/b7-4-,9-8+,23-16?;;. The first kappa shape index (κ1) is 28.6. The fourth-order valence-electron chi connectivity index (χ4n) is 2.97. The van der Waals surface area contributed by atoms with E-state index in [-0.39, 0.29) is 0 Å². The Labute approximate surface area is 206 Å². The minimum atomic E-state index is 0.431. The minimum absolute atomic E-state index is 0.431.